The molecule has 4 heteroatoms. The Balaban J connectivity index is 2.01. The van der Waals surface area contributed by atoms with Gasteiger partial charge in [-0.3, -0.25) is 4.98 Å². The van der Waals surface area contributed by atoms with Crippen molar-refractivity contribution in [3.05, 3.63) is 48.4 Å². The van der Waals surface area contributed by atoms with Gasteiger partial charge in [-0.2, -0.15) is 0 Å². The molecule has 2 heterocycles. The molecule has 1 N–H and O–H groups in total. The third-order valence-corrected chi connectivity index (χ3v) is 2.62. The molecule has 1 unspecified atom stereocenters. The predicted molar refractivity (Wildman–Crippen MR) is 71.7 cm³/mol. The van der Waals surface area contributed by atoms with Crippen LogP contribution in [0.4, 0.5) is 5.69 Å². The van der Waals surface area contributed by atoms with Crippen LogP contribution in [0.2, 0.25) is 0 Å². The van der Waals surface area contributed by atoms with Gasteiger partial charge in [0.2, 0.25) is 5.88 Å². The van der Waals surface area contributed by atoms with Crippen molar-refractivity contribution < 1.29 is 4.74 Å². The molecule has 0 aromatic carbocycles. The fourth-order valence-corrected chi connectivity index (χ4v) is 1.68. The number of aromatic nitrogens is 2. The number of rotatable bonds is 5. The summed E-state index contributed by atoms with van der Waals surface area (Å²) in [6.45, 7) is 4.68. The highest BCUT2D eigenvalue weighted by atomic mass is 16.5. The van der Waals surface area contributed by atoms with Crippen LogP contribution in [-0.4, -0.2) is 16.6 Å². The van der Waals surface area contributed by atoms with Gasteiger partial charge in [0, 0.05) is 24.5 Å². The fourth-order valence-electron chi connectivity index (χ4n) is 1.68. The van der Waals surface area contributed by atoms with Gasteiger partial charge in [-0.05, 0) is 37.6 Å². The van der Waals surface area contributed by atoms with Gasteiger partial charge in [-0.25, -0.2) is 4.98 Å². The number of pyridine rings is 2. The minimum absolute atomic E-state index is 0.216. The second-order valence-electron chi connectivity index (χ2n) is 3.96. The topological polar surface area (TPSA) is 47.0 Å². The average molecular weight is 243 g/mol. The first kappa shape index (κ1) is 12.4. The number of anilines is 1. The lowest BCUT2D eigenvalue weighted by Crippen LogP contribution is -2.07. The lowest BCUT2D eigenvalue weighted by atomic mass is 10.1. The summed E-state index contributed by atoms with van der Waals surface area (Å²) < 4.78 is 5.30. The van der Waals surface area contributed by atoms with Crippen molar-refractivity contribution in [2.24, 2.45) is 0 Å². The molecule has 2 rings (SSSR count). The third kappa shape index (κ3) is 3.20. The molecule has 0 saturated carbocycles. The lowest BCUT2D eigenvalue weighted by Gasteiger charge is -2.15. The molecule has 2 aromatic rings. The van der Waals surface area contributed by atoms with Crippen molar-refractivity contribution in [1.82, 2.24) is 9.97 Å². The Morgan fingerprint density at radius 3 is 2.61 bits per heavy atom. The monoisotopic (exact) mass is 243 g/mol. The van der Waals surface area contributed by atoms with Crippen LogP contribution in [0.15, 0.2) is 42.9 Å². The molecule has 0 aliphatic carbocycles. The van der Waals surface area contributed by atoms with E-state index in [9.17, 15) is 0 Å². The zero-order valence-electron chi connectivity index (χ0n) is 10.6. The lowest BCUT2D eigenvalue weighted by molar-refractivity contribution is 0.327. The minimum atomic E-state index is 0.216. The number of ether oxygens (including phenoxy) is 1. The third-order valence-electron chi connectivity index (χ3n) is 2.62. The van der Waals surface area contributed by atoms with E-state index < -0.39 is 0 Å². The van der Waals surface area contributed by atoms with Gasteiger partial charge in [0.1, 0.15) is 0 Å². The van der Waals surface area contributed by atoms with E-state index in [4.69, 9.17) is 4.74 Å². The van der Waals surface area contributed by atoms with E-state index in [1.807, 2.05) is 31.2 Å². The second kappa shape index (κ2) is 6.00. The Labute approximate surface area is 107 Å². The predicted octanol–water partition coefficient (Wildman–Crippen LogP) is 3.05. The largest absolute Gasteiger partial charge is 0.478 e. The van der Waals surface area contributed by atoms with Gasteiger partial charge in [0.15, 0.2) is 0 Å². The fraction of sp³-hybridized carbons (Fsp3) is 0.286. The van der Waals surface area contributed by atoms with E-state index in [2.05, 4.69) is 22.2 Å². The normalized spacial score (nSPS) is 11.9. The standard InChI is InChI=1S/C14H17N3O/c1-3-18-14-5-4-13(10-16-14)17-11(2)12-6-8-15-9-7-12/h4-11,17H,3H2,1-2H3. The van der Waals surface area contributed by atoms with E-state index in [1.54, 1.807) is 18.6 Å². The maximum absolute atomic E-state index is 5.30. The maximum atomic E-state index is 5.30. The second-order valence-corrected chi connectivity index (χ2v) is 3.96. The smallest absolute Gasteiger partial charge is 0.213 e. The van der Waals surface area contributed by atoms with Crippen LogP contribution in [0.1, 0.15) is 25.5 Å². The van der Waals surface area contributed by atoms with Crippen molar-refractivity contribution in [2.45, 2.75) is 19.9 Å². The van der Waals surface area contributed by atoms with Gasteiger partial charge in [-0.15, -0.1) is 0 Å². The molecule has 0 bridgehead atoms. The summed E-state index contributed by atoms with van der Waals surface area (Å²) in [4.78, 5) is 8.23. The van der Waals surface area contributed by atoms with Crippen LogP contribution in [0.25, 0.3) is 0 Å². The molecule has 0 spiro atoms. The molecule has 4 nitrogen and oxygen atoms in total. The van der Waals surface area contributed by atoms with Crippen LogP contribution in [0.3, 0.4) is 0 Å². The van der Waals surface area contributed by atoms with E-state index >= 15 is 0 Å². The van der Waals surface area contributed by atoms with Gasteiger partial charge in [0.05, 0.1) is 18.5 Å². The SMILES string of the molecule is CCOc1ccc(NC(C)c2ccncc2)cn1. The Kier molecular flexibility index (Phi) is 4.12. The summed E-state index contributed by atoms with van der Waals surface area (Å²) in [7, 11) is 0. The molecule has 0 fully saturated rings. The molecule has 0 amide bonds. The van der Waals surface area contributed by atoms with E-state index in [1.165, 1.54) is 5.56 Å². The Morgan fingerprint density at radius 2 is 2.00 bits per heavy atom. The van der Waals surface area contributed by atoms with Crippen LogP contribution >= 0.6 is 0 Å². The summed E-state index contributed by atoms with van der Waals surface area (Å²) in [5.41, 5.74) is 2.17. The van der Waals surface area contributed by atoms with Crippen molar-refractivity contribution >= 4 is 5.69 Å². The number of hydrogen-bond donors (Lipinski definition) is 1. The van der Waals surface area contributed by atoms with Crippen LogP contribution in [-0.2, 0) is 0 Å². The minimum Gasteiger partial charge on any atom is -0.478 e. The van der Waals surface area contributed by atoms with Crippen molar-refractivity contribution in [3.63, 3.8) is 0 Å². The summed E-state index contributed by atoms with van der Waals surface area (Å²) in [5, 5.41) is 3.38. The number of hydrogen-bond acceptors (Lipinski definition) is 4. The highest BCUT2D eigenvalue weighted by Crippen LogP contribution is 2.19. The first-order valence-corrected chi connectivity index (χ1v) is 6.05. The molecule has 2 aromatic heterocycles. The van der Waals surface area contributed by atoms with Crippen molar-refractivity contribution in [2.75, 3.05) is 11.9 Å². The van der Waals surface area contributed by atoms with Gasteiger partial charge >= 0.3 is 0 Å². The van der Waals surface area contributed by atoms with Crippen molar-refractivity contribution in [3.8, 4) is 5.88 Å². The summed E-state index contributed by atoms with van der Waals surface area (Å²) >= 11 is 0. The molecule has 94 valence electrons. The maximum Gasteiger partial charge on any atom is 0.213 e. The summed E-state index contributed by atoms with van der Waals surface area (Å²) in [6.07, 6.45) is 5.37. The van der Waals surface area contributed by atoms with Crippen LogP contribution in [0, 0.1) is 0 Å². The van der Waals surface area contributed by atoms with Gasteiger partial charge in [0.25, 0.3) is 0 Å². The molecule has 18 heavy (non-hydrogen) atoms. The Morgan fingerprint density at radius 1 is 1.22 bits per heavy atom. The number of nitrogens with zero attached hydrogens (tertiary/aromatic N) is 2. The van der Waals surface area contributed by atoms with Crippen molar-refractivity contribution in [1.29, 1.82) is 0 Å². The quantitative estimate of drug-likeness (QED) is 0.876. The highest BCUT2D eigenvalue weighted by molar-refractivity contribution is 5.44. The zero-order chi connectivity index (χ0) is 12.8. The van der Waals surface area contributed by atoms with Crippen LogP contribution in [0.5, 0.6) is 5.88 Å². The molecule has 1 atom stereocenters. The average Bonchev–Trinajstić information content (AvgIpc) is 2.42. The first-order valence-electron chi connectivity index (χ1n) is 6.05. The molecular weight excluding hydrogens is 226 g/mol. The Hall–Kier alpha value is -2.10. The molecule has 0 radical (unpaired) electrons. The summed E-state index contributed by atoms with van der Waals surface area (Å²) in [5.74, 6) is 0.652. The molecule has 0 aliphatic heterocycles. The van der Waals surface area contributed by atoms with Gasteiger partial charge < -0.3 is 10.1 Å². The molecular formula is C14H17N3O. The van der Waals surface area contributed by atoms with Gasteiger partial charge in [-0.1, -0.05) is 0 Å². The zero-order valence-corrected chi connectivity index (χ0v) is 10.6. The van der Waals surface area contributed by atoms with E-state index in [-0.39, 0.29) is 6.04 Å². The number of nitrogens with one attached hydrogen (secondary N) is 1. The molecule has 0 aliphatic rings. The summed E-state index contributed by atoms with van der Waals surface area (Å²) in [6, 6.07) is 8.05. The first-order chi connectivity index (χ1) is 8.79. The molecule has 0 saturated heterocycles. The Bertz CT molecular complexity index is 470. The van der Waals surface area contributed by atoms with Crippen LogP contribution < -0.4 is 10.1 Å². The highest BCUT2D eigenvalue weighted by Gasteiger charge is 2.05. The van der Waals surface area contributed by atoms with E-state index in [0.29, 0.717) is 12.5 Å². The van der Waals surface area contributed by atoms with E-state index in [0.717, 1.165) is 5.69 Å².